The molecule has 1 atom stereocenters. The van der Waals surface area contributed by atoms with Crippen LogP contribution in [0.4, 0.5) is 4.79 Å². The normalized spacial score (nSPS) is 31.9. The molecule has 0 aromatic rings. The van der Waals surface area contributed by atoms with Crippen molar-refractivity contribution in [2.24, 2.45) is 5.41 Å². The number of carbonyl (C=O) groups is 1. The van der Waals surface area contributed by atoms with Crippen molar-refractivity contribution in [3.05, 3.63) is 0 Å². The highest BCUT2D eigenvalue weighted by Crippen LogP contribution is 2.33. The Bertz CT molecular complexity index is 237. The molecule has 0 radical (unpaired) electrons. The van der Waals surface area contributed by atoms with Gasteiger partial charge in [-0.05, 0) is 24.7 Å². The maximum Gasteiger partial charge on any atom is 0.320 e. The molecule has 2 saturated heterocycles. The number of rotatable bonds is 1. The zero-order valence-corrected chi connectivity index (χ0v) is 9.25. The number of likely N-dealkylation sites (tertiary alicyclic amines) is 2. The molecule has 0 unspecified atom stereocenters. The maximum absolute atomic E-state index is 11.9. The van der Waals surface area contributed by atoms with E-state index >= 15 is 0 Å². The lowest BCUT2D eigenvalue weighted by molar-refractivity contribution is 0.130. The summed E-state index contributed by atoms with van der Waals surface area (Å²) in [5.74, 6) is 0. The first-order valence-electron chi connectivity index (χ1n) is 5.68. The predicted molar refractivity (Wildman–Crippen MR) is 56.2 cm³/mol. The number of hydrogen-bond donors (Lipinski definition) is 0. The van der Waals surface area contributed by atoms with E-state index in [0.717, 1.165) is 26.2 Å². The van der Waals surface area contributed by atoms with Crippen molar-refractivity contribution in [3.63, 3.8) is 0 Å². The van der Waals surface area contributed by atoms with E-state index in [1.807, 2.05) is 9.80 Å². The second-order valence-electron chi connectivity index (χ2n) is 4.96. The lowest BCUT2D eigenvalue weighted by atomic mass is 9.87. The Morgan fingerprint density at radius 3 is 2.43 bits per heavy atom. The number of carbonyl (C=O) groups excluding carboxylic acids is 1. The molecule has 2 amide bonds. The van der Waals surface area contributed by atoms with Gasteiger partial charge in [-0.2, -0.15) is 0 Å². The fourth-order valence-electron chi connectivity index (χ4n) is 2.18. The van der Waals surface area contributed by atoms with Gasteiger partial charge in [-0.25, -0.2) is 4.79 Å². The van der Waals surface area contributed by atoms with Gasteiger partial charge in [0.25, 0.3) is 0 Å². The van der Waals surface area contributed by atoms with Crippen LogP contribution in [0.3, 0.4) is 0 Å². The van der Waals surface area contributed by atoms with Crippen LogP contribution in [-0.2, 0) is 0 Å². The molecule has 14 heavy (non-hydrogen) atoms. The second-order valence-corrected chi connectivity index (χ2v) is 4.96. The van der Waals surface area contributed by atoms with Gasteiger partial charge in [-0.3, -0.25) is 0 Å². The summed E-state index contributed by atoms with van der Waals surface area (Å²) in [5, 5.41) is 0. The minimum atomic E-state index is 0.272. The Hall–Kier alpha value is -0.730. The van der Waals surface area contributed by atoms with E-state index in [4.69, 9.17) is 0 Å². The van der Waals surface area contributed by atoms with Gasteiger partial charge in [0.2, 0.25) is 0 Å². The minimum Gasteiger partial charge on any atom is -0.325 e. The summed E-state index contributed by atoms with van der Waals surface area (Å²) >= 11 is 0. The van der Waals surface area contributed by atoms with Crippen LogP contribution in [0.5, 0.6) is 0 Å². The Morgan fingerprint density at radius 2 is 2.00 bits per heavy atom. The molecule has 0 aliphatic carbocycles. The maximum atomic E-state index is 11.9. The van der Waals surface area contributed by atoms with Crippen molar-refractivity contribution in [1.82, 2.24) is 9.80 Å². The number of hydrogen-bond acceptors (Lipinski definition) is 1. The highest BCUT2D eigenvalue weighted by Gasteiger charge is 2.37. The number of nitrogens with zero attached hydrogens (tertiary/aromatic N) is 2. The van der Waals surface area contributed by atoms with Crippen LogP contribution in [0.2, 0.25) is 0 Å². The van der Waals surface area contributed by atoms with Crippen molar-refractivity contribution in [2.75, 3.05) is 26.2 Å². The van der Waals surface area contributed by atoms with Crippen molar-refractivity contribution in [1.29, 1.82) is 0 Å². The molecule has 2 aliphatic heterocycles. The van der Waals surface area contributed by atoms with Crippen LogP contribution >= 0.6 is 0 Å². The van der Waals surface area contributed by atoms with Crippen molar-refractivity contribution < 1.29 is 4.79 Å². The molecule has 2 aliphatic rings. The van der Waals surface area contributed by atoms with Crippen molar-refractivity contribution >= 4 is 6.03 Å². The molecule has 2 fully saturated rings. The van der Waals surface area contributed by atoms with Crippen LogP contribution in [0, 0.1) is 5.41 Å². The van der Waals surface area contributed by atoms with Crippen molar-refractivity contribution in [2.45, 2.75) is 33.1 Å². The average Bonchev–Trinajstić information content (AvgIpc) is 2.46. The SMILES string of the molecule is CC[C@@]1(C)CCN(C(=O)N2CCC2)C1. The molecule has 0 saturated carbocycles. The Morgan fingerprint density at radius 1 is 1.29 bits per heavy atom. The summed E-state index contributed by atoms with van der Waals surface area (Å²) in [6.45, 7) is 8.36. The van der Waals surface area contributed by atoms with Gasteiger partial charge < -0.3 is 9.80 Å². The van der Waals surface area contributed by atoms with Crippen LogP contribution in [0.25, 0.3) is 0 Å². The first-order valence-corrected chi connectivity index (χ1v) is 5.68. The summed E-state index contributed by atoms with van der Waals surface area (Å²) in [6.07, 6.45) is 3.53. The largest absolute Gasteiger partial charge is 0.325 e. The summed E-state index contributed by atoms with van der Waals surface area (Å²) in [5.41, 5.74) is 0.376. The van der Waals surface area contributed by atoms with Gasteiger partial charge in [-0.1, -0.05) is 13.8 Å². The minimum absolute atomic E-state index is 0.272. The number of amides is 2. The van der Waals surface area contributed by atoms with E-state index in [2.05, 4.69) is 13.8 Å². The third-order valence-corrected chi connectivity index (χ3v) is 3.81. The molecule has 2 heterocycles. The summed E-state index contributed by atoms with van der Waals surface area (Å²) in [7, 11) is 0. The molecule has 0 aromatic carbocycles. The summed E-state index contributed by atoms with van der Waals surface area (Å²) < 4.78 is 0. The molecule has 3 heteroatoms. The monoisotopic (exact) mass is 196 g/mol. The average molecular weight is 196 g/mol. The zero-order valence-electron chi connectivity index (χ0n) is 9.25. The lowest BCUT2D eigenvalue weighted by Gasteiger charge is -2.35. The van der Waals surface area contributed by atoms with E-state index in [9.17, 15) is 4.79 Å². The zero-order chi connectivity index (χ0) is 10.2. The highest BCUT2D eigenvalue weighted by atomic mass is 16.2. The van der Waals surface area contributed by atoms with Gasteiger partial charge in [0.05, 0.1) is 0 Å². The molecule has 3 nitrogen and oxygen atoms in total. The first kappa shape index (κ1) is 9.81. The van der Waals surface area contributed by atoms with E-state index in [1.54, 1.807) is 0 Å². The van der Waals surface area contributed by atoms with Crippen LogP contribution in [0.1, 0.15) is 33.1 Å². The number of urea groups is 1. The van der Waals surface area contributed by atoms with Gasteiger partial charge in [0.1, 0.15) is 0 Å². The summed E-state index contributed by atoms with van der Waals surface area (Å²) in [4.78, 5) is 15.9. The first-order chi connectivity index (χ1) is 6.64. The Kier molecular flexibility index (Phi) is 2.41. The smallest absolute Gasteiger partial charge is 0.320 e. The third kappa shape index (κ3) is 1.60. The van der Waals surface area contributed by atoms with Gasteiger partial charge in [-0.15, -0.1) is 0 Å². The van der Waals surface area contributed by atoms with E-state index in [0.29, 0.717) is 5.41 Å². The molecule has 0 spiro atoms. The van der Waals surface area contributed by atoms with E-state index in [1.165, 1.54) is 19.3 Å². The molecule has 0 N–H and O–H groups in total. The quantitative estimate of drug-likeness (QED) is 0.628. The Labute approximate surface area is 86.1 Å². The van der Waals surface area contributed by atoms with Gasteiger partial charge in [0.15, 0.2) is 0 Å². The van der Waals surface area contributed by atoms with E-state index in [-0.39, 0.29) is 6.03 Å². The third-order valence-electron chi connectivity index (χ3n) is 3.81. The molecule has 80 valence electrons. The Balaban J connectivity index is 1.91. The van der Waals surface area contributed by atoms with Crippen LogP contribution < -0.4 is 0 Å². The highest BCUT2D eigenvalue weighted by molar-refractivity contribution is 5.75. The fourth-order valence-corrected chi connectivity index (χ4v) is 2.18. The van der Waals surface area contributed by atoms with Gasteiger partial charge >= 0.3 is 6.03 Å². The standard InChI is InChI=1S/C11H20N2O/c1-3-11(2)5-8-13(9-11)10(14)12-6-4-7-12/h3-9H2,1-2H3/t11-/m0/s1. The lowest BCUT2D eigenvalue weighted by Crippen LogP contribution is -2.49. The molecular weight excluding hydrogens is 176 g/mol. The molecule has 0 bridgehead atoms. The molecule has 2 rings (SSSR count). The van der Waals surface area contributed by atoms with E-state index < -0.39 is 0 Å². The topological polar surface area (TPSA) is 23.6 Å². The fraction of sp³-hybridized carbons (Fsp3) is 0.909. The molecular formula is C11H20N2O. The summed E-state index contributed by atoms with van der Waals surface area (Å²) in [6, 6.07) is 0.272. The second kappa shape index (κ2) is 3.44. The van der Waals surface area contributed by atoms with Crippen molar-refractivity contribution in [3.8, 4) is 0 Å². The van der Waals surface area contributed by atoms with Crippen LogP contribution in [-0.4, -0.2) is 42.0 Å². The van der Waals surface area contributed by atoms with Crippen LogP contribution in [0.15, 0.2) is 0 Å². The predicted octanol–water partition coefficient (Wildman–Crippen LogP) is 1.93. The van der Waals surface area contributed by atoms with Gasteiger partial charge in [0, 0.05) is 26.2 Å². The molecule has 0 aromatic heterocycles.